The van der Waals surface area contributed by atoms with E-state index in [0.717, 1.165) is 93.6 Å². The van der Waals surface area contributed by atoms with Gasteiger partial charge in [-0.15, -0.1) is 0 Å². The van der Waals surface area contributed by atoms with Crippen molar-refractivity contribution in [3.8, 4) is 67.5 Å². The molecule has 280 valence electrons. The molecule has 0 aliphatic carbocycles. The predicted molar refractivity (Wildman–Crippen MR) is 245 cm³/mol. The molecule has 0 aliphatic heterocycles. The Morgan fingerprint density at radius 1 is 0.283 bits per heavy atom. The van der Waals surface area contributed by atoms with Gasteiger partial charge in [0.1, 0.15) is 22.3 Å². The second-order valence-corrected chi connectivity index (χ2v) is 15.1. The minimum absolute atomic E-state index is 0.576. The third kappa shape index (κ3) is 5.67. The molecule has 0 saturated carbocycles. The summed E-state index contributed by atoms with van der Waals surface area (Å²) < 4.78 is 13.1. The van der Waals surface area contributed by atoms with Gasteiger partial charge >= 0.3 is 0 Å². The molecule has 0 bridgehead atoms. The van der Waals surface area contributed by atoms with Gasteiger partial charge in [-0.3, -0.25) is 0 Å². The first-order valence-electron chi connectivity index (χ1n) is 20.1. The molecule has 5 nitrogen and oxygen atoms in total. The monoisotopic (exact) mass is 767 g/mol. The van der Waals surface area contributed by atoms with Gasteiger partial charge in [0.25, 0.3) is 0 Å². The van der Waals surface area contributed by atoms with Crippen molar-refractivity contribution < 1.29 is 8.83 Å². The van der Waals surface area contributed by atoms with Gasteiger partial charge in [0.15, 0.2) is 17.5 Å². The Morgan fingerprint density at radius 2 is 0.850 bits per heavy atom. The minimum atomic E-state index is 0.576. The van der Waals surface area contributed by atoms with E-state index < -0.39 is 0 Å². The highest BCUT2D eigenvalue weighted by atomic mass is 16.3. The summed E-state index contributed by atoms with van der Waals surface area (Å²) in [6.07, 6.45) is 0. The molecule has 0 saturated heterocycles. The van der Waals surface area contributed by atoms with Crippen LogP contribution in [-0.2, 0) is 0 Å². The van der Waals surface area contributed by atoms with Gasteiger partial charge in [-0.05, 0) is 63.5 Å². The van der Waals surface area contributed by atoms with Crippen molar-refractivity contribution in [1.82, 2.24) is 15.0 Å². The number of hydrogen-bond acceptors (Lipinski definition) is 5. The third-order valence-electron chi connectivity index (χ3n) is 11.5. The van der Waals surface area contributed by atoms with Gasteiger partial charge in [-0.1, -0.05) is 170 Å². The highest BCUT2D eigenvalue weighted by molar-refractivity contribution is 6.17. The van der Waals surface area contributed by atoms with Crippen LogP contribution < -0.4 is 0 Å². The standard InChI is InChI=1S/C55H33N3O2/c1-3-12-34(13-4-1)39-17-9-18-40(32-39)41-29-31-48-47(33-41)50-46(22-11-23-49(50)59-48)55-57-53(37-15-5-2-6-16-37)56-54(58-55)38-26-24-36(25-27-38)43-20-10-21-44-45-30-28-35-14-7-8-19-42(35)52(45)60-51(43)44/h1-33H. The van der Waals surface area contributed by atoms with Crippen LogP contribution in [-0.4, -0.2) is 15.0 Å². The first-order chi connectivity index (χ1) is 29.7. The molecule has 12 aromatic rings. The lowest BCUT2D eigenvalue weighted by Gasteiger charge is -2.10. The molecule has 3 heterocycles. The zero-order valence-electron chi connectivity index (χ0n) is 32.2. The summed E-state index contributed by atoms with van der Waals surface area (Å²) in [5.74, 6) is 1.76. The molecule has 0 unspecified atom stereocenters. The summed E-state index contributed by atoms with van der Waals surface area (Å²) in [6, 6.07) is 69.2. The number of aromatic nitrogens is 3. The van der Waals surface area contributed by atoms with E-state index in [1.54, 1.807) is 0 Å². The van der Waals surface area contributed by atoms with Crippen molar-refractivity contribution in [1.29, 1.82) is 0 Å². The SMILES string of the molecule is c1ccc(-c2cccc(-c3ccc4oc5cccc(-c6nc(-c7ccccc7)nc(-c7ccc(-c8cccc9c8oc8c%10ccccc%10ccc98)cc7)n6)c5c4c3)c2)cc1. The summed E-state index contributed by atoms with van der Waals surface area (Å²) in [4.78, 5) is 15.4. The second kappa shape index (κ2) is 13.8. The van der Waals surface area contributed by atoms with Gasteiger partial charge in [0.2, 0.25) is 0 Å². The molecule has 0 fully saturated rings. The van der Waals surface area contributed by atoms with Crippen LogP contribution in [0, 0.1) is 0 Å². The molecule has 12 rings (SSSR count). The largest absolute Gasteiger partial charge is 0.456 e. The van der Waals surface area contributed by atoms with Crippen LogP contribution in [0.25, 0.3) is 122 Å². The Kier molecular flexibility index (Phi) is 7.78. The predicted octanol–water partition coefficient (Wildman–Crippen LogP) is 14.8. The number of fused-ring (bicyclic) bond motifs is 8. The molecule has 9 aromatic carbocycles. The first kappa shape index (κ1) is 33.9. The molecule has 5 heteroatoms. The molecule has 3 aromatic heterocycles. The lowest BCUT2D eigenvalue weighted by Crippen LogP contribution is -2.00. The van der Waals surface area contributed by atoms with Gasteiger partial charge in [-0.2, -0.15) is 0 Å². The zero-order chi connectivity index (χ0) is 39.6. The average molecular weight is 768 g/mol. The van der Waals surface area contributed by atoms with Crippen LogP contribution in [0.2, 0.25) is 0 Å². The molecular formula is C55H33N3O2. The first-order valence-corrected chi connectivity index (χ1v) is 20.1. The van der Waals surface area contributed by atoms with E-state index in [2.05, 4.69) is 152 Å². The fourth-order valence-electron chi connectivity index (χ4n) is 8.60. The summed E-state index contributed by atoms with van der Waals surface area (Å²) >= 11 is 0. The Hall–Kier alpha value is -8.15. The van der Waals surface area contributed by atoms with Crippen molar-refractivity contribution in [3.63, 3.8) is 0 Å². The number of para-hydroxylation sites is 1. The molecule has 0 aliphatic rings. The number of furan rings is 2. The number of nitrogens with zero attached hydrogens (tertiary/aromatic N) is 3. The van der Waals surface area contributed by atoms with Crippen LogP contribution in [0.15, 0.2) is 209 Å². The molecule has 0 radical (unpaired) electrons. The molecular weight excluding hydrogens is 735 g/mol. The molecule has 0 spiro atoms. The molecule has 60 heavy (non-hydrogen) atoms. The lowest BCUT2D eigenvalue weighted by molar-refractivity contribution is 0.669. The second-order valence-electron chi connectivity index (χ2n) is 15.1. The van der Waals surface area contributed by atoms with E-state index in [-0.39, 0.29) is 0 Å². The lowest BCUT2D eigenvalue weighted by atomic mass is 9.97. The van der Waals surface area contributed by atoms with Crippen molar-refractivity contribution in [2.24, 2.45) is 0 Å². The Labute approximate surface area is 344 Å². The van der Waals surface area contributed by atoms with E-state index in [1.807, 2.05) is 48.5 Å². The highest BCUT2D eigenvalue weighted by Gasteiger charge is 2.20. The number of benzene rings is 9. The smallest absolute Gasteiger partial charge is 0.164 e. The summed E-state index contributed by atoms with van der Waals surface area (Å²) in [5, 5.41) is 6.45. The maximum Gasteiger partial charge on any atom is 0.164 e. The van der Waals surface area contributed by atoms with Crippen molar-refractivity contribution >= 4 is 54.6 Å². The van der Waals surface area contributed by atoms with Crippen molar-refractivity contribution in [2.75, 3.05) is 0 Å². The highest BCUT2D eigenvalue weighted by Crippen LogP contribution is 2.41. The summed E-state index contributed by atoms with van der Waals surface area (Å²) in [7, 11) is 0. The van der Waals surface area contributed by atoms with Gasteiger partial charge in [0, 0.05) is 49.2 Å². The number of rotatable bonds is 6. The van der Waals surface area contributed by atoms with E-state index in [4.69, 9.17) is 23.8 Å². The quantitative estimate of drug-likeness (QED) is 0.169. The minimum Gasteiger partial charge on any atom is -0.456 e. The molecule has 0 amide bonds. The van der Waals surface area contributed by atoms with Crippen LogP contribution in [0.4, 0.5) is 0 Å². The Morgan fingerprint density at radius 3 is 1.67 bits per heavy atom. The zero-order valence-corrected chi connectivity index (χ0v) is 32.2. The van der Waals surface area contributed by atoms with E-state index in [1.165, 1.54) is 11.1 Å². The van der Waals surface area contributed by atoms with Crippen molar-refractivity contribution in [3.05, 3.63) is 200 Å². The summed E-state index contributed by atoms with van der Waals surface area (Å²) in [5.41, 5.74) is 12.7. The maximum absolute atomic E-state index is 6.67. The van der Waals surface area contributed by atoms with Crippen LogP contribution >= 0.6 is 0 Å². The van der Waals surface area contributed by atoms with E-state index >= 15 is 0 Å². The third-order valence-corrected chi connectivity index (χ3v) is 11.5. The fraction of sp³-hybridized carbons (Fsp3) is 0. The van der Waals surface area contributed by atoms with Crippen LogP contribution in [0.1, 0.15) is 0 Å². The van der Waals surface area contributed by atoms with Gasteiger partial charge in [0.05, 0.1) is 0 Å². The summed E-state index contributed by atoms with van der Waals surface area (Å²) in [6.45, 7) is 0. The van der Waals surface area contributed by atoms with Gasteiger partial charge < -0.3 is 8.83 Å². The topological polar surface area (TPSA) is 65.0 Å². The Bertz CT molecular complexity index is 3590. The van der Waals surface area contributed by atoms with Crippen molar-refractivity contribution in [2.45, 2.75) is 0 Å². The van der Waals surface area contributed by atoms with E-state index in [0.29, 0.717) is 17.5 Å². The fourth-order valence-corrected chi connectivity index (χ4v) is 8.60. The molecule has 0 N–H and O–H groups in total. The average Bonchev–Trinajstić information content (AvgIpc) is 3.91. The van der Waals surface area contributed by atoms with E-state index in [9.17, 15) is 0 Å². The van der Waals surface area contributed by atoms with Crippen LogP contribution in [0.3, 0.4) is 0 Å². The normalized spacial score (nSPS) is 11.7. The van der Waals surface area contributed by atoms with Gasteiger partial charge in [-0.25, -0.2) is 15.0 Å². The van der Waals surface area contributed by atoms with Crippen LogP contribution in [0.5, 0.6) is 0 Å². The number of hydrogen-bond donors (Lipinski definition) is 0. The maximum atomic E-state index is 6.67. The Balaban J connectivity index is 0.978. The molecule has 0 atom stereocenters.